The minimum absolute atomic E-state index is 0.251. The number of rotatable bonds is 6. The highest BCUT2D eigenvalue weighted by Gasteiger charge is 2.23. The summed E-state index contributed by atoms with van der Waals surface area (Å²) >= 11 is 0. The summed E-state index contributed by atoms with van der Waals surface area (Å²) < 4.78 is 0. The molecule has 1 rings (SSSR count). The van der Waals surface area contributed by atoms with E-state index in [4.69, 9.17) is 5.73 Å². The summed E-state index contributed by atoms with van der Waals surface area (Å²) in [7, 11) is 1.93. The summed E-state index contributed by atoms with van der Waals surface area (Å²) in [6.07, 6.45) is 5.99. The second kappa shape index (κ2) is 8.92. The zero-order valence-corrected chi connectivity index (χ0v) is 12.7. The topological polar surface area (TPSA) is 87.5 Å². The fourth-order valence-electron chi connectivity index (χ4n) is 2.49. The zero-order chi connectivity index (χ0) is 15.0. The fraction of sp³-hybridized carbons (Fsp3) is 0.857. The van der Waals surface area contributed by atoms with Gasteiger partial charge in [-0.1, -0.05) is 13.3 Å². The molecule has 6 nitrogen and oxygen atoms in total. The van der Waals surface area contributed by atoms with Crippen LogP contribution >= 0.6 is 0 Å². The van der Waals surface area contributed by atoms with E-state index in [0.717, 1.165) is 38.5 Å². The van der Waals surface area contributed by atoms with Crippen LogP contribution in [0.3, 0.4) is 0 Å². The molecular formula is C14H28N4O2. The predicted molar refractivity (Wildman–Crippen MR) is 79.3 cm³/mol. The van der Waals surface area contributed by atoms with Gasteiger partial charge in [0.05, 0.1) is 6.54 Å². The van der Waals surface area contributed by atoms with E-state index in [1.807, 2.05) is 11.9 Å². The molecule has 4 N–H and O–H groups in total. The van der Waals surface area contributed by atoms with Crippen LogP contribution in [-0.2, 0) is 4.79 Å². The maximum Gasteiger partial charge on any atom is 0.321 e. The van der Waals surface area contributed by atoms with Crippen molar-refractivity contribution in [3.05, 3.63) is 0 Å². The summed E-state index contributed by atoms with van der Waals surface area (Å²) in [5.74, 6) is -0.253. The third-order valence-electron chi connectivity index (χ3n) is 3.83. The smallest absolute Gasteiger partial charge is 0.321 e. The SMILES string of the molecule is CCCCNC(=O)NC(=O)CN(C)C1CCC(N)CC1. The first-order chi connectivity index (χ1) is 9.52. The van der Waals surface area contributed by atoms with Crippen LogP contribution in [0.4, 0.5) is 4.79 Å². The molecule has 0 saturated heterocycles. The van der Waals surface area contributed by atoms with E-state index < -0.39 is 6.03 Å². The number of amides is 3. The van der Waals surface area contributed by atoms with E-state index in [9.17, 15) is 9.59 Å². The van der Waals surface area contributed by atoms with E-state index in [0.29, 0.717) is 18.6 Å². The largest absolute Gasteiger partial charge is 0.338 e. The Bertz CT molecular complexity index is 314. The van der Waals surface area contributed by atoms with Crippen molar-refractivity contribution in [1.82, 2.24) is 15.5 Å². The van der Waals surface area contributed by atoms with Gasteiger partial charge in [0.1, 0.15) is 0 Å². The Kier molecular flexibility index (Phi) is 7.54. The van der Waals surface area contributed by atoms with E-state index in [1.54, 1.807) is 0 Å². The molecule has 6 heteroatoms. The van der Waals surface area contributed by atoms with Gasteiger partial charge < -0.3 is 11.1 Å². The average Bonchev–Trinajstić information content (AvgIpc) is 2.39. The number of unbranched alkanes of at least 4 members (excludes halogenated alkanes) is 1. The molecule has 0 unspecified atom stereocenters. The van der Waals surface area contributed by atoms with Crippen LogP contribution in [0.25, 0.3) is 0 Å². The first kappa shape index (κ1) is 16.9. The van der Waals surface area contributed by atoms with E-state index in [-0.39, 0.29) is 12.5 Å². The summed E-state index contributed by atoms with van der Waals surface area (Å²) in [4.78, 5) is 25.2. The van der Waals surface area contributed by atoms with Gasteiger partial charge in [0.2, 0.25) is 5.91 Å². The van der Waals surface area contributed by atoms with Gasteiger partial charge in [-0.15, -0.1) is 0 Å². The van der Waals surface area contributed by atoms with Crippen LogP contribution < -0.4 is 16.4 Å². The van der Waals surface area contributed by atoms with Crippen molar-refractivity contribution in [3.8, 4) is 0 Å². The van der Waals surface area contributed by atoms with Gasteiger partial charge >= 0.3 is 6.03 Å². The van der Waals surface area contributed by atoms with Crippen LogP contribution in [0, 0.1) is 0 Å². The van der Waals surface area contributed by atoms with Crippen LogP contribution in [-0.4, -0.2) is 49.1 Å². The predicted octanol–water partition coefficient (Wildman–Crippen LogP) is 0.814. The lowest BCUT2D eigenvalue weighted by molar-refractivity contribution is -0.121. The van der Waals surface area contributed by atoms with Gasteiger partial charge in [0.15, 0.2) is 0 Å². The summed E-state index contributed by atoms with van der Waals surface area (Å²) in [5.41, 5.74) is 5.87. The number of imide groups is 1. The molecule has 0 radical (unpaired) electrons. The quantitative estimate of drug-likeness (QED) is 0.630. The van der Waals surface area contributed by atoms with Crippen molar-refractivity contribution in [2.45, 2.75) is 57.5 Å². The number of urea groups is 1. The maximum atomic E-state index is 11.8. The molecular weight excluding hydrogens is 256 g/mol. The molecule has 0 atom stereocenters. The summed E-state index contributed by atoms with van der Waals surface area (Å²) in [5, 5.41) is 5.03. The Hall–Kier alpha value is -1.14. The molecule has 0 aliphatic heterocycles. The molecule has 1 aliphatic carbocycles. The number of likely N-dealkylation sites (N-methyl/N-ethyl adjacent to an activating group) is 1. The van der Waals surface area contributed by atoms with Crippen LogP contribution in [0.2, 0.25) is 0 Å². The first-order valence-electron chi connectivity index (χ1n) is 7.56. The van der Waals surface area contributed by atoms with Crippen LogP contribution in [0.5, 0.6) is 0 Å². The molecule has 0 aromatic heterocycles. The van der Waals surface area contributed by atoms with Crippen molar-refractivity contribution in [3.63, 3.8) is 0 Å². The van der Waals surface area contributed by atoms with Crippen LogP contribution in [0.1, 0.15) is 45.4 Å². The van der Waals surface area contributed by atoms with Crippen molar-refractivity contribution in [2.75, 3.05) is 20.1 Å². The molecule has 1 aliphatic rings. The Labute approximate surface area is 121 Å². The number of nitrogens with zero attached hydrogens (tertiary/aromatic N) is 1. The second-order valence-electron chi connectivity index (χ2n) is 5.64. The van der Waals surface area contributed by atoms with E-state index >= 15 is 0 Å². The van der Waals surface area contributed by atoms with Gasteiger partial charge in [-0.05, 0) is 39.2 Å². The first-order valence-corrected chi connectivity index (χ1v) is 7.56. The Balaban J connectivity index is 2.22. The van der Waals surface area contributed by atoms with Crippen molar-refractivity contribution >= 4 is 11.9 Å². The number of carbonyl (C=O) groups excluding carboxylic acids is 2. The third-order valence-corrected chi connectivity index (χ3v) is 3.83. The Morgan fingerprint density at radius 1 is 1.25 bits per heavy atom. The number of nitrogens with two attached hydrogens (primary N) is 1. The molecule has 20 heavy (non-hydrogen) atoms. The molecule has 116 valence electrons. The maximum absolute atomic E-state index is 11.8. The zero-order valence-electron chi connectivity index (χ0n) is 12.7. The monoisotopic (exact) mass is 284 g/mol. The summed E-state index contributed by atoms with van der Waals surface area (Å²) in [6.45, 7) is 2.91. The van der Waals surface area contributed by atoms with Crippen molar-refractivity contribution in [2.24, 2.45) is 5.73 Å². The highest BCUT2D eigenvalue weighted by atomic mass is 16.2. The molecule has 0 bridgehead atoms. The number of nitrogens with one attached hydrogen (secondary N) is 2. The summed E-state index contributed by atoms with van der Waals surface area (Å²) in [6, 6.07) is 0.295. The number of hydrogen-bond donors (Lipinski definition) is 3. The molecule has 0 aromatic rings. The minimum Gasteiger partial charge on any atom is -0.338 e. The normalized spacial score (nSPS) is 22.6. The van der Waals surface area contributed by atoms with Gasteiger partial charge in [-0.2, -0.15) is 0 Å². The molecule has 1 fully saturated rings. The van der Waals surface area contributed by atoms with Crippen LogP contribution in [0.15, 0.2) is 0 Å². The number of carbonyl (C=O) groups is 2. The lowest BCUT2D eigenvalue weighted by Crippen LogP contribution is -2.47. The lowest BCUT2D eigenvalue weighted by atomic mass is 9.91. The van der Waals surface area contributed by atoms with Gasteiger partial charge in [-0.3, -0.25) is 15.0 Å². The van der Waals surface area contributed by atoms with Gasteiger partial charge in [-0.25, -0.2) is 4.79 Å². The molecule has 3 amide bonds. The third kappa shape index (κ3) is 6.34. The van der Waals surface area contributed by atoms with Gasteiger partial charge in [0.25, 0.3) is 0 Å². The van der Waals surface area contributed by atoms with Gasteiger partial charge in [0, 0.05) is 18.6 Å². The average molecular weight is 284 g/mol. The second-order valence-corrected chi connectivity index (χ2v) is 5.64. The molecule has 0 spiro atoms. The highest BCUT2D eigenvalue weighted by Crippen LogP contribution is 2.20. The standard InChI is InChI=1S/C14H28N4O2/c1-3-4-9-16-14(20)17-13(19)10-18(2)12-7-5-11(15)6-8-12/h11-12H,3-10,15H2,1-2H3,(H2,16,17,19,20). The van der Waals surface area contributed by atoms with E-state index in [2.05, 4.69) is 17.6 Å². The van der Waals surface area contributed by atoms with Crippen molar-refractivity contribution in [1.29, 1.82) is 0 Å². The molecule has 0 aromatic carbocycles. The van der Waals surface area contributed by atoms with E-state index in [1.165, 1.54) is 0 Å². The Morgan fingerprint density at radius 2 is 1.90 bits per heavy atom. The molecule has 1 saturated carbocycles. The number of hydrogen-bond acceptors (Lipinski definition) is 4. The van der Waals surface area contributed by atoms with Crippen molar-refractivity contribution < 1.29 is 9.59 Å². The lowest BCUT2D eigenvalue weighted by Gasteiger charge is -2.32. The Morgan fingerprint density at radius 3 is 2.50 bits per heavy atom. The minimum atomic E-state index is -0.400. The molecule has 0 heterocycles. The highest BCUT2D eigenvalue weighted by molar-refractivity contribution is 5.95. The fourth-order valence-corrected chi connectivity index (χ4v) is 2.49.